The molecule has 78 valence electrons. The summed E-state index contributed by atoms with van der Waals surface area (Å²) in [5, 5.41) is 9.20. The lowest BCUT2D eigenvalue weighted by Gasteiger charge is -2.41. The number of hydrogen-bond donors (Lipinski definition) is 2. The normalized spacial score (nSPS) is 22.2. The zero-order chi connectivity index (χ0) is 9.90. The van der Waals surface area contributed by atoms with Gasteiger partial charge >= 0.3 is 0 Å². The summed E-state index contributed by atoms with van der Waals surface area (Å²) in [5.41, 5.74) is 5.57. The summed E-state index contributed by atoms with van der Waals surface area (Å²) >= 11 is 0. The Morgan fingerprint density at radius 2 is 1.92 bits per heavy atom. The Morgan fingerprint density at radius 3 is 2.31 bits per heavy atom. The van der Waals surface area contributed by atoms with E-state index in [0.29, 0.717) is 5.92 Å². The maximum absolute atomic E-state index is 9.20. The van der Waals surface area contributed by atoms with E-state index in [0.717, 1.165) is 19.6 Å². The van der Waals surface area contributed by atoms with Crippen molar-refractivity contribution in [3.63, 3.8) is 0 Å². The van der Waals surface area contributed by atoms with E-state index < -0.39 is 0 Å². The van der Waals surface area contributed by atoms with E-state index in [1.165, 1.54) is 12.8 Å². The first kappa shape index (κ1) is 11.0. The van der Waals surface area contributed by atoms with Crippen molar-refractivity contribution < 1.29 is 5.11 Å². The van der Waals surface area contributed by atoms with Gasteiger partial charge in [-0.3, -0.25) is 4.90 Å². The lowest BCUT2D eigenvalue weighted by Crippen LogP contribution is -2.50. The highest BCUT2D eigenvalue weighted by molar-refractivity contribution is 4.84. The van der Waals surface area contributed by atoms with Gasteiger partial charge in [0.25, 0.3) is 0 Å². The molecular weight excluding hydrogens is 164 g/mol. The maximum atomic E-state index is 9.20. The molecule has 1 fully saturated rings. The molecule has 0 unspecified atom stereocenters. The van der Waals surface area contributed by atoms with Crippen LogP contribution in [0.4, 0.5) is 0 Å². The van der Waals surface area contributed by atoms with Crippen molar-refractivity contribution >= 4 is 0 Å². The van der Waals surface area contributed by atoms with Gasteiger partial charge in [0.1, 0.15) is 0 Å². The number of aliphatic hydroxyl groups excluding tert-OH is 1. The Labute approximate surface area is 80.9 Å². The monoisotopic (exact) mass is 186 g/mol. The summed E-state index contributed by atoms with van der Waals surface area (Å²) in [6, 6.07) is 0. The number of aliphatic hydroxyl groups is 1. The Balaban J connectivity index is 2.40. The summed E-state index contributed by atoms with van der Waals surface area (Å²) in [5.74, 6) is 0.700. The second kappa shape index (κ2) is 4.40. The van der Waals surface area contributed by atoms with Crippen LogP contribution in [0.3, 0.4) is 0 Å². The summed E-state index contributed by atoms with van der Waals surface area (Å²) < 4.78 is 0. The zero-order valence-corrected chi connectivity index (χ0v) is 8.79. The molecule has 0 atom stereocenters. The van der Waals surface area contributed by atoms with Gasteiger partial charge < -0.3 is 10.8 Å². The largest absolute Gasteiger partial charge is 0.394 e. The zero-order valence-electron chi connectivity index (χ0n) is 8.79. The van der Waals surface area contributed by atoms with Crippen LogP contribution in [0.25, 0.3) is 0 Å². The molecule has 1 heterocycles. The number of nitrogens with two attached hydrogens (primary N) is 1. The molecule has 0 aromatic carbocycles. The van der Waals surface area contributed by atoms with Crippen LogP contribution >= 0.6 is 0 Å². The minimum atomic E-state index is -0.0560. The molecule has 0 aromatic heterocycles. The van der Waals surface area contributed by atoms with Gasteiger partial charge in [-0.15, -0.1) is 0 Å². The lowest BCUT2D eigenvalue weighted by atomic mass is 9.93. The van der Waals surface area contributed by atoms with Crippen molar-refractivity contribution in [2.75, 3.05) is 26.2 Å². The first-order chi connectivity index (χ1) is 6.10. The van der Waals surface area contributed by atoms with Crippen LogP contribution in [0.15, 0.2) is 0 Å². The van der Waals surface area contributed by atoms with E-state index in [9.17, 15) is 5.11 Å². The molecule has 0 aliphatic carbocycles. The predicted octanol–water partition coefficient (Wildman–Crippen LogP) is 0.428. The van der Waals surface area contributed by atoms with Crippen LogP contribution in [0.2, 0.25) is 0 Å². The molecule has 0 saturated carbocycles. The van der Waals surface area contributed by atoms with Crippen LogP contribution in [0, 0.1) is 5.92 Å². The van der Waals surface area contributed by atoms with E-state index in [1.807, 2.05) is 0 Å². The first-order valence-electron chi connectivity index (χ1n) is 5.16. The van der Waals surface area contributed by atoms with E-state index in [2.05, 4.69) is 18.7 Å². The topological polar surface area (TPSA) is 49.5 Å². The fourth-order valence-electron chi connectivity index (χ4n) is 1.87. The van der Waals surface area contributed by atoms with Crippen LogP contribution in [-0.4, -0.2) is 41.8 Å². The Bertz CT molecular complexity index is 151. The van der Waals surface area contributed by atoms with Crippen molar-refractivity contribution in [2.24, 2.45) is 11.7 Å². The molecule has 0 aromatic rings. The molecule has 3 nitrogen and oxygen atoms in total. The standard InChI is InChI=1S/C10H22N2O/c1-10(2,8-13)12-5-3-9(7-11)4-6-12/h9,13H,3-8,11H2,1-2H3. The van der Waals surface area contributed by atoms with Crippen molar-refractivity contribution in [2.45, 2.75) is 32.2 Å². The van der Waals surface area contributed by atoms with Gasteiger partial charge in [0.2, 0.25) is 0 Å². The molecule has 3 N–H and O–H groups in total. The second-order valence-corrected chi connectivity index (χ2v) is 4.64. The predicted molar refractivity (Wildman–Crippen MR) is 54.5 cm³/mol. The molecule has 1 saturated heterocycles. The molecule has 1 aliphatic rings. The fraction of sp³-hybridized carbons (Fsp3) is 1.00. The summed E-state index contributed by atoms with van der Waals surface area (Å²) in [6.45, 7) is 7.39. The Morgan fingerprint density at radius 1 is 1.38 bits per heavy atom. The Hall–Kier alpha value is -0.120. The van der Waals surface area contributed by atoms with Crippen molar-refractivity contribution in [1.29, 1.82) is 0 Å². The van der Waals surface area contributed by atoms with Crippen molar-refractivity contribution in [3.8, 4) is 0 Å². The number of piperidine rings is 1. The van der Waals surface area contributed by atoms with Gasteiger partial charge in [-0.1, -0.05) is 0 Å². The SMILES string of the molecule is CC(C)(CO)N1CCC(CN)CC1. The van der Waals surface area contributed by atoms with E-state index in [1.54, 1.807) is 0 Å². The van der Waals surface area contributed by atoms with Crippen LogP contribution < -0.4 is 5.73 Å². The van der Waals surface area contributed by atoms with E-state index in [4.69, 9.17) is 5.73 Å². The smallest absolute Gasteiger partial charge is 0.0610 e. The highest BCUT2D eigenvalue weighted by Crippen LogP contribution is 2.22. The minimum absolute atomic E-state index is 0.0560. The molecule has 0 bridgehead atoms. The summed E-state index contributed by atoms with van der Waals surface area (Å²) in [6.07, 6.45) is 2.36. The van der Waals surface area contributed by atoms with Crippen molar-refractivity contribution in [1.82, 2.24) is 4.90 Å². The van der Waals surface area contributed by atoms with Gasteiger partial charge in [-0.2, -0.15) is 0 Å². The number of likely N-dealkylation sites (tertiary alicyclic amines) is 1. The van der Waals surface area contributed by atoms with Gasteiger partial charge in [0.05, 0.1) is 6.61 Å². The highest BCUT2D eigenvalue weighted by atomic mass is 16.3. The van der Waals surface area contributed by atoms with Gasteiger partial charge in [-0.25, -0.2) is 0 Å². The molecule has 0 radical (unpaired) electrons. The van der Waals surface area contributed by atoms with Gasteiger partial charge in [-0.05, 0) is 52.2 Å². The number of hydrogen-bond acceptors (Lipinski definition) is 3. The van der Waals surface area contributed by atoms with Gasteiger partial charge in [0, 0.05) is 5.54 Å². The molecule has 1 aliphatic heterocycles. The number of nitrogens with zero attached hydrogens (tertiary/aromatic N) is 1. The second-order valence-electron chi connectivity index (χ2n) is 4.64. The molecule has 0 amide bonds. The van der Waals surface area contributed by atoms with Crippen molar-refractivity contribution in [3.05, 3.63) is 0 Å². The third-order valence-corrected chi connectivity index (χ3v) is 3.19. The molecule has 13 heavy (non-hydrogen) atoms. The molecule has 0 spiro atoms. The lowest BCUT2D eigenvalue weighted by molar-refractivity contribution is 0.0309. The molecule has 1 rings (SSSR count). The van der Waals surface area contributed by atoms with E-state index in [-0.39, 0.29) is 12.1 Å². The van der Waals surface area contributed by atoms with Crippen LogP contribution in [-0.2, 0) is 0 Å². The van der Waals surface area contributed by atoms with Crippen LogP contribution in [0.5, 0.6) is 0 Å². The fourth-order valence-corrected chi connectivity index (χ4v) is 1.87. The number of rotatable bonds is 3. The average Bonchev–Trinajstić information content (AvgIpc) is 2.18. The quantitative estimate of drug-likeness (QED) is 0.672. The molecular formula is C10H22N2O. The first-order valence-corrected chi connectivity index (χ1v) is 5.16. The molecule has 3 heteroatoms. The van der Waals surface area contributed by atoms with Gasteiger partial charge in [0.15, 0.2) is 0 Å². The van der Waals surface area contributed by atoms with E-state index >= 15 is 0 Å². The third kappa shape index (κ3) is 2.66. The third-order valence-electron chi connectivity index (χ3n) is 3.19. The average molecular weight is 186 g/mol. The van der Waals surface area contributed by atoms with Crippen LogP contribution in [0.1, 0.15) is 26.7 Å². The minimum Gasteiger partial charge on any atom is -0.394 e. The highest BCUT2D eigenvalue weighted by Gasteiger charge is 2.29. The Kier molecular flexibility index (Phi) is 3.71. The maximum Gasteiger partial charge on any atom is 0.0610 e. The summed E-state index contributed by atoms with van der Waals surface area (Å²) in [7, 11) is 0. The summed E-state index contributed by atoms with van der Waals surface area (Å²) in [4.78, 5) is 2.36.